The Hall–Kier alpha value is -2.28. The fourth-order valence-electron chi connectivity index (χ4n) is 1.17. The van der Waals surface area contributed by atoms with E-state index in [0.717, 1.165) is 0 Å². The van der Waals surface area contributed by atoms with Gasteiger partial charge in [0.2, 0.25) is 0 Å². The van der Waals surface area contributed by atoms with E-state index in [1.54, 1.807) is 17.6 Å². The average Bonchev–Trinajstić information content (AvgIpc) is 2.37. The highest BCUT2D eigenvalue weighted by Crippen LogP contribution is 2.29. The summed E-state index contributed by atoms with van der Waals surface area (Å²) in [5.74, 6) is 4.00. The van der Waals surface area contributed by atoms with Crippen LogP contribution in [-0.4, -0.2) is 26.0 Å². The van der Waals surface area contributed by atoms with Crippen molar-refractivity contribution in [1.82, 2.24) is 5.43 Å². The molecule has 0 aliphatic carbocycles. The Morgan fingerprint density at radius 1 is 1.12 bits per heavy atom. The van der Waals surface area contributed by atoms with Crippen LogP contribution in [0.3, 0.4) is 0 Å². The van der Waals surface area contributed by atoms with E-state index in [2.05, 4.69) is 5.32 Å². The lowest BCUT2D eigenvalue weighted by Crippen LogP contribution is -2.39. The molecule has 1 aromatic rings. The van der Waals surface area contributed by atoms with Crippen LogP contribution in [0.25, 0.3) is 0 Å². The fourth-order valence-corrected chi connectivity index (χ4v) is 1.17. The number of hydrogen-bond acceptors (Lipinski definition) is 5. The van der Waals surface area contributed by atoms with Crippen molar-refractivity contribution in [2.24, 2.45) is 5.84 Å². The van der Waals surface area contributed by atoms with Gasteiger partial charge in [-0.3, -0.25) is 15.0 Å². The lowest BCUT2D eigenvalue weighted by Gasteiger charge is -2.09. The fraction of sp³-hybridized carbons (Fsp3) is 0.200. The molecular weight excluding hydrogens is 226 g/mol. The minimum atomic E-state index is -0.931. The molecule has 0 radical (unpaired) electrons. The van der Waals surface area contributed by atoms with Crippen LogP contribution in [0.5, 0.6) is 11.5 Å². The van der Waals surface area contributed by atoms with Gasteiger partial charge in [-0.1, -0.05) is 0 Å². The lowest BCUT2D eigenvalue weighted by atomic mass is 10.2. The van der Waals surface area contributed by atoms with Crippen LogP contribution in [0.1, 0.15) is 0 Å². The van der Waals surface area contributed by atoms with E-state index in [0.29, 0.717) is 17.2 Å². The molecule has 17 heavy (non-hydrogen) atoms. The zero-order valence-electron chi connectivity index (χ0n) is 9.44. The first-order valence-corrected chi connectivity index (χ1v) is 4.66. The molecule has 1 aromatic carbocycles. The van der Waals surface area contributed by atoms with Gasteiger partial charge in [-0.15, -0.1) is 0 Å². The first kappa shape index (κ1) is 12.8. The minimum absolute atomic E-state index is 0.399. The summed E-state index contributed by atoms with van der Waals surface area (Å²) in [6.45, 7) is 0. The maximum Gasteiger partial charge on any atom is 0.323 e. The summed E-state index contributed by atoms with van der Waals surface area (Å²) in [4.78, 5) is 22.1. The number of nitrogens with one attached hydrogen (secondary N) is 2. The topological polar surface area (TPSA) is 103 Å². The number of benzene rings is 1. The van der Waals surface area contributed by atoms with Gasteiger partial charge >= 0.3 is 11.8 Å². The highest BCUT2D eigenvalue weighted by Gasteiger charge is 2.13. The SMILES string of the molecule is COc1ccc(NC(=O)C(=O)NN)cc1OC. The first-order chi connectivity index (χ1) is 8.12. The maximum atomic E-state index is 11.2. The van der Waals surface area contributed by atoms with Gasteiger partial charge in [0, 0.05) is 11.8 Å². The van der Waals surface area contributed by atoms with E-state index in [9.17, 15) is 9.59 Å². The van der Waals surface area contributed by atoms with E-state index in [1.807, 2.05) is 0 Å². The number of hydrazine groups is 1. The third-order valence-electron chi connectivity index (χ3n) is 1.98. The van der Waals surface area contributed by atoms with Gasteiger partial charge in [0.15, 0.2) is 11.5 Å². The molecule has 92 valence electrons. The molecule has 0 aliphatic rings. The van der Waals surface area contributed by atoms with Gasteiger partial charge in [0.1, 0.15) is 0 Å². The van der Waals surface area contributed by atoms with Gasteiger partial charge < -0.3 is 14.8 Å². The predicted molar refractivity (Wildman–Crippen MR) is 60.5 cm³/mol. The molecule has 4 N–H and O–H groups in total. The summed E-state index contributed by atoms with van der Waals surface area (Å²) in [7, 11) is 2.97. The zero-order valence-corrected chi connectivity index (χ0v) is 9.44. The van der Waals surface area contributed by atoms with E-state index in [1.165, 1.54) is 20.3 Å². The second kappa shape index (κ2) is 5.71. The van der Waals surface area contributed by atoms with E-state index in [4.69, 9.17) is 15.3 Å². The summed E-state index contributed by atoms with van der Waals surface area (Å²) in [5.41, 5.74) is 2.13. The Morgan fingerprint density at radius 3 is 2.29 bits per heavy atom. The molecule has 0 spiro atoms. The summed E-state index contributed by atoms with van der Waals surface area (Å²) in [6, 6.07) is 4.71. The van der Waals surface area contributed by atoms with Gasteiger partial charge in [-0.05, 0) is 12.1 Å². The Balaban J connectivity index is 2.86. The smallest absolute Gasteiger partial charge is 0.323 e. The largest absolute Gasteiger partial charge is 0.493 e. The standard InChI is InChI=1S/C10H13N3O4/c1-16-7-4-3-6(5-8(7)17-2)12-9(14)10(15)13-11/h3-5H,11H2,1-2H3,(H,12,14)(H,13,15). The monoisotopic (exact) mass is 239 g/mol. The van der Waals surface area contributed by atoms with Crippen LogP contribution in [0, 0.1) is 0 Å². The summed E-state index contributed by atoms with van der Waals surface area (Å²) < 4.78 is 10.1. The molecule has 7 heteroatoms. The Morgan fingerprint density at radius 2 is 1.76 bits per heavy atom. The van der Waals surface area contributed by atoms with Gasteiger partial charge in [-0.25, -0.2) is 5.84 Å². The third kappa shape index (κ3) is 3.08. The second-order valence-electron chi connectivity index (χ2n) is 3.00. The van der Waals surface area contributed by atoms with Crippen molar-refractivity contribution in [2.45, 2.75) is 0 Å². The Kier molecular flexibility index (Phi) is 4.29. The molecule has 7 nitrogen and oxygen atoms in total. The summed E-state index contributed by atoms with van der Waals surface area (Å²) >= 11 is 0. The molecule has 0 aliphatic heterocycles. The van der Waals surface area contributed by atoms with Crippen molar-refractivity contribution >= 4 is 17.5 Å². The van der Waals surface area contributed by atoms with E-state index in [-0.39, 0.29) is 0 Å². The number of amides is 2. The van der Waals surface area contributed by atoms with E-state index < -0.39 is 11.8 Å². The first-order valence-electron chi connectivity index (χ1n) is 4.66. The van der Waals surface area contributed by atoms with Crippen molar-refractivity contribution in [3.63, 3.8) is 0 Å². The third-order valence-corrected chi connectivity index (χ3v) is 1.98. The van der Waals surface area contributed by atoms with Crippen LogP contribution >= 0.6 is 0 Å². The highest BCUT2D eigenvalue weighted by molar-refractivity contribution is 6.39. The van der Waals surface area contributed by atoms with Gasteiger partial charge in [0.25, 0.3) is 0 Å². The van der Waals surface area contributed by atoms with Gasteiger partial charge in [0.05, 0.1) is 14.2 Å². The van der Waals surface area contributed by atoms with Crippen molar-refractivity contribution in [3.8, 4) is 11.5 Å². The predicted octanol–water partition coefficient (Wildman–Crippen LogP) is -0.368. The highest BCUT2D eigenvalue weighted by atomic mass is 16.5. The quantitative estimate of drug-likeness (QED) is 0.289. The molecular formula is C10H13N3O4. The second-order valence-corrected chi connectivity index (χ2v) is 3.00. The summed E-state index contributed by atoms with van der Waals surface area (Å²) in [5, 5.41) is 2.35. The molecule has 0 fully saturated rings. The number of carbonyl (C=O) groups excluding carboxylic acids is 2. The molecule has 0 aromatic heterocycles. The van der Waals surface area contributed by atoms with Crippen molar-refractivity contribution in [3.05, 3.63) is 18.2 Å². The molecule has 0 atom stereocenters. The normalized spacial score (nSPS) is 9.35. The molecule has 1 rings (SSSR count). The van der Waals surface area contributed by atoms with Crippen LogP contribution in [0.2, 0.25) is 0 Å². The van der Waals surface area contributed by atoms with Crippen LogP contribution in [0.15, 0.2) is 18.2 Å². The maximum absolute atomic E-state index is 11.2. The summed E-state index contributed by atoms with van der Waals surface area (Å²) in [6.07, 6.45) is 0. The molecule has 0 unspecified atom stereocenters. The number of anilines is 1. The van der Waals surface area contributed by atoms with Gasteiger partial charge in [-0.2, -0.15) is 0 Å². The number of methoxy groups -OCH3 is 2. The number of rotatable bonds is 3. The van der Waals surface area contributed by atoms with Crippen LogP contribution in [-0.2, 0) is 9.59 Å². The number of hydrogen-bond donors (Lipinski definition) is 3. The number of nitrogens with two attached hydrogens (primary N) is 1. The molecule has 0 heterocycles. The van der Waals surface area contributed by atoms with Crippen molar-refractivity contribution in [2.75, 3.05) is 19.5 Å². The van der Waals surface area contributed by atoms with Crippen LogP contribution < -0.4 is 26.1 Å². The van der Waals surface area contributed by atoms with E-state index >= 15 is 0 Å². The number of ether oxygens (including phenoxy) is 2. The molecule has 0 bridgehead atoms. The Bertz CT molecular complexity index is 434. The molecule has 0 saturated carbocycles. The Labute approximate surface area is 97.9 Å². The molecule has 2 amide bonds. The zero-order chi connectivity index (χ0) is 12.8. The molecule has 0 saturated heterocycles. The van der Waals surface area contributed by atoms with Crippen molar-refractivity contribution < 1.29 is 19.1 Å². The average molecular weight is 239 g/mol. The minimum Gasteiger partial charge on any atom is -0.493 e. The van der Waals surface area contributed by atoms with Crippen LogP contribution in [0.4, 0.5) is 5.69 Å². The lowest BCUT2D eigenvalue weighted by molar-refractivity contribution is -0.136. The number of carbonyl (C=O) groups is 2. The van der Waals surface area contributed by atoms with Crippen molar-refractivity contribution in [1.29, 1.82) is 0 Å².